The standard InChI is InChI=1S/C8H10ClN5O/c1-5(2)7-11-6(15-13-7)3-14-4-10-8(9)12-14/h4-5H,3H2,1-2H3. The van der Waals surface area contributed by atoms with E-state index in [4.69, 9.17) is 16.1 Å². The van der Waals surface area contributed by atoms with Crippen LogP contribution in [0.2, 0.25) is 5.28 Å². The lowest BCUT2D eigenvalue weighted by atomic mass is 10.2. The summed E-state index contributed by atoms with van der Waals surface area (Å²) in [6.07, 6.45) is 1.52. The maximum absolute atomic E-state index is 5.57. The monoisotopic (exact) mass is 227 g/mol. The van der Waals surface area contributed by atoms with Crippen LogP contribution >= 0.6 is 11.6 Å². The summed E-state index contributed by atoms with van der Waals surface area (Å²) >= 11 is 5.57. The normalized spacial score (nSPS) is 11.2. The Bertz CT molecular complexity index is 449. The van der Waals surface area contributed by atoms with Crippen LogP contribution in [-0.4, -0.2) is 24.9 Å². The Labute approximate surface area is 91.3 Å². The number of hydrogen-bond acceptors (Lipinski definition) is 5. The van der Waals surface area contributed by atoms with Crippen molar-refractivity contribution in [3.8, 4) is 0 Å². The zero-order valence-corrected chi connectivity index (χ0v) is 9.14. The lowest BCUT2D eigenvalue weighted by molar-refractivity contribution is 0.359. The van der Waals surface area contributed by atoms with Crippen LogP contribution in [0.3, 0.4) is 0 Å². The van der Waals surface area contributed by atoms with E-state index in [1.54, 1.807) is 4.68 Å². The Morgan fingerprint density at radius 2 is 2.33 bits per heavy atom. The molecule has 0 saturated heterocycles. The molecule has 0 radical (unpaired) electrons. The van der Waals surface area contributed by atoms with Crippen molar-refractivity contribution in [2.45, 2.75) is 26.3 Å². The van der Waals surface area contributed by atoms with Gasteiger partial charge in [0, 0.05) is 5.92 Å². The predicted octanol–water partition coefficient (Wildman–Crippen LogP) is 1.49. The zero-order chi connectivity index (χ0) is 10.8. The van der Waals surface area contributed by atoms with Crippen molar-refractivity contribution in [1.29, 1.82) is 0 Å². The molecule has 2 heterocycles. The molecule has 0 bridgehead atoms. The number of aromatic nitrogens is 5. The Balaban J connectivity index is 2.11. The van der Waals surface area contributed by atoms with Gasteiger partial charge in [0.15, 0.2) is 5.82 Å². The Hall–Kier alpha value is -1.43. The highest BCUT2D eigenvalue weighted by atomic mass is 35.5. The molecule has 0 unspecified atom stereocenters. The second-order valence-corrected chi connectivity index (χ2v) is 3.75. The van der Waals surface area contributed by atoms with Crippen LogP contribution in [0.1, 0.15) is 31.5 Å². The van der Waals surface area contributed by atoms with Gasteiger partial charge >= 0.3 is 0 Å². The van der Waals surface area contributed by atoms with Crippen LogP contribution in [0.25, 0.3) is 0 Å². The number of hydrogen-bond donors (Lipinski definition) is 0. The first-order valence-corrected chi connectivity index (χ1v) is 4.90. The van der Waals surface area contributed by atoms with E-state index in [0.29, 0.717) is 18.3 Å². The molecule has 0 spiro atoms. The molecule has 0 saturated carbocycles. The largest absolute Gasteiger partial charge is 0.337 e. The topological polar surface area (TPSA) is 69.6 Å². The van der Waals surface area contributed by atoms with Gasteiger partial charge in [-0.05, 0) is 11.6 Å². The molecular formula is C8H10ClN5O. The van der Waals surface area contributed by atoms with Crippen molar-refractivity contribution in [3.05, 3.63) is 23.3 Å². The Morgan fingerprint density at radius 1 is 1.53 bits per heavy atom. The summed E-state index contributed by atoms with van der Waals surface area (Å²) < 4.78 is 6.59. The van der Waals surface area contributed by atoms with Gasteiger partial charge in [0.1, 0.15) is 12.9 Å². The van der Waals surface area contributed by atoms with Crippen LogP contribution in [0, 0.1) is 0 Å². The molecule has 15 heavy (non-hydrogen) atoms. The molecule has 7 heteroatoms. The molecule has 0 amide bonds. The average Bonchev–Trinajstić information content (AvgIpc) is 2.76. The second kappa shape index (κ2) is 3.98. The summed E-state index contributed by atoms with van der Waals surface area (Å²) in [7, 11) is 0. The van der Waals surface area contributed by atoms with Gasteiger partial charge in [-0.15, -0.1) is 5.10 Å². The van der Waals surface area contributed by atoms with Gasteiger partial charge in [0.25, 0.3) is 0 Å². The molecular weight excluding hydrogens is 218 g/mol. The average molecular weight is 228 g/mol. The summed E-state index contributed by atoms with van der Waals surface area (Å²) in [6.45, 7) is 4.39. The summed E-state index contributed by atoms with van der Waals surface area (Å²) in [4.78, 5) is 7.99. The minimum atomic E-state index is 0.207. The van der Waals surface area contributed by atoms with Crippen molar-refractivity contribution in [1.82, 2.24) is 24.9 Å². The van der Waals surface area contributed by atoms with E-state index in [-0.39, 0.29) is 11.2 Å². The fourth-order valence-electron chi connectivity index (χ4n) is 1.05. The molecule has 0 atom stereocenters. The van der Waals surface area contributed by atoms with E-state index in [1.807, 2.05) is 13.8 Å². The molecule has 0 fully saturated rings. The molecule has 80 valence electrons. The Kier molecular flexibility index (Phi) is 2.68. The first kappa shape index (κ1) is 10.1. The van der Waals surface area contributed by atoms with E-state index in [9.17, 15) is 0 Å². The molecule has 0 N–H and O–H groups in total. The maximum atomic E-state index is 5.57. The van der Waals surface area contributed by atoms with Crippen LogP contribution < -0.4 is 0 Å². The van der Waals surface area contributed by atoms with Gasteiger partial charge in [0.2, 0.25) is 11.2 Å². The van der Waals surface area contributed by atoms with Crippen molar-refractivity contribution < 1.29 is 4.52 Å². The molecule has 0 aromatic carbocycles. The van der Waals surface area contributed by atoms with Crippen LogP contribution in [0.5, 0.6) is 0 Å². The first-order chi connectivity index (χ1) is 7.15. The number of rotatable bonds is 3. The number of halogens is 1. The second-order valence-electron chi connectivity index (χ2n) is 3.41. The van der Waals surface area contributed by atoms with Gasteiger partial charge in [0.05, 0.1) is 0 Å². The smallest absolute Gasteiger partial charge is 0.248 e. The quantitative estimate of drug-likeness (QED) is 0.795. The van der Waals surface area contributed by atoms with Gasteiger partial charge in [-0.2, -0.15) is 4.98 Å². The third kappa shape index (κ3) is 2.33. The van der Waals surface area contributed by atoms with Crippen molar-refractivity contribution in [3.63, 3.8) is 0 Å². The molecule has 0 aliphatic heterocycles. The molecule has 2 aromatic heterocycles. The first-order valence-electron chi connectivity index (χ1n) is 4.52. The summed E-state index contributed by atoms with van der Waals surface area (Å²) in [5, 5.41) is 7.95. The molecule has 0 aliphatic carbocycles. The SMILES string of the molecule is CC(C)c1noc(Cn2cnc(Cl)n2)n1. The fraction of sp³-hybridized carbons (Fsp3) is 0.500. The lowest BCUT2D eigenvalue weighted by Gasteiger charge is -1.93. The summed E-state index contributed by atoms with van der Waals surface area (Å²) in [5.41, 5.74) is 0. The van der Waals surface area contributed by atoms with Crippen LogP contribution in [0.4, 0.5) is 0 Å². The summed E-state index contributed by atoms with van der Waals surface area (Å²) in [6, 6.07) is 0. The highest BCUT2D eigenvalue weighted by Crippen LogP contribution is 2.10. The highest BCUT2D eigenvalue weighted by Gasteiger charge is 2.10. The summed E-state index contributed by atoms with van der Waals surface area (Å²) in [5.74, 6) is 1.44. The van der Waals surface area contributed by atoms with E-state index >= 15 is 0 Å². The van der Waals surface area contributed by atoms with Gasteiger partial charge < -0.3 is 4.52 Å². The molecule has 2 aromatic rings. The molecule has 6 nitrogen and oxygen atoms in total. The predicted molar refractivity (Wildman–Crippen MR) is 52.5 cm³/mol. The zero-order valence-electron chi connectivity index (χ0n) is 8.38. The van der Waals surface area contributed by atoms with E-state index in [2.05, 4.69) is 20.2 Å². The van der Waals surface area contributed by atoms with Crippen molar-refractivity contribution in [2.75, 3.05) is 0 Å². The minimum absolute atomic E-state index is 0.207. The van der Waals surface area contributed by atoms with Crippen molar-refractivity contribution in [2.24, 2.45) is 0 Å². The number of nitrogens with zero attached hydrogens (tertiary/aromatic N) is 5. The molecule has 0 aliphatic rings. The third-order valence-corrected chi connectivity index (χ3v) is 1.98. The van der Waals surface area contributed by atoms with E-state index < -0.39 is 0 Å². The van der Waals surface area contributed by atoms with Gasteiger partial charge in [-0.1, -0.05) is 19.0 Å². The Morgan fingerprint density at radius 3 is 2.87 bits per heavy atom. The van der Waals surface area contributed by atoms with E-state index in [0.717, 1.165) is 0 Å². The van der Waals surface area contributed by atoms with Gasteiger partial charge in [-0.25, -0.2) is 9.67 Å². The highest BCUT2D eigenvalue weighted by molar-refractivity contribution is 6.28. The third-order valence-electron chi connectivity index (χ3n) is 1.81. The lowest BCUT2D eigenvalue weighted by Crippen LogP contribution is -2.00. The van der Waals surface area contributed by atoms with Crippen LogP contribution in [0.15, 0.2) is 10.9 Å². The minimum Gasteiger partial charge on any atom is -0.337 e. The van der Waals surface area contributed by atoms with E-state index in [1.165, 1.54) is 6.33 Å². The maximum Gasteiger partial charge on any atom is 0.248 e. The van der Waals surface area contributed by atoms with Gasteiger partial charge in [-0.3, -0.25) is 0 Å². The van der Waals surface area contributed by atoms with Crippen LogP contribution in [-0.2, 0) is 6.54 Å². The molecule has 2 rings (SSSR count). The van der Waals surface area contributed by atoms with Crippen molar-refractivity contribution >= 4 is 11.6 Å². The fourth-order valence-corrected chi connectivity index (χ4v) is 1.19.